The normalized spacial score (nSPS) is 13.0. The van der Waals surface area contributed by atoms with Gasteiger partial charge in [-0.2, -0.15) is 0 Å². The highest BCUT2D eigenvalue weighted by atomic mass is 32.2. The molecule has 0 amide bonds. The smallest absolute Gasteiger partial charge is 0.331 e. The van der Waals surface area contributed by atoms with Crippen molar-refractivity contribution < 1.29 is 14.3 Å². The lowest BCUT2D eigenvalue weighted by Crippen LogP contribution is -2.31. The second kappa shape index (κ2) is 11.3. The number of nitrogens with zero attached hydrogens (tertiary/aromatic N) is 1. The molecule has 2 atom stereocenters. The second-order valence-electron chi connectivity index (χ2n) is 5.11. The molecule has 1 rings (SSSR count). The third-order valence-corrected chi connectivity index (χ3v) is 5.48. The van der Waals surface area contributed by atoms with E-state index < -0.39 is 6.04 Å². The van der Waals surface area contributed by atoms with Gasteiger partial charge in [-0.25, -0.2) is 4.79 Å². The van der Waals surface area contributed by atoms with Crippen LogP contribution in [0.4, 0.5) is 0 Å². The number of aliphatic imine (C=N–C) groups is 1. The van der Waals surface area contributed by atoms with E-state index in [1.165, 1.54) is 23.5 Å². The van der Waals surface area contributed by atoms with Crippen LogP contribution in [0.5, 0.6) is 0 Å². The van der Waals surface area contributed by atoms with Crippen LogP contribution in [0.15, 0.2) is 35.3 Å². The lowest BCUT2D eigenvalue weighted by atomic mass is 9.86. The fraction of sp³-hybridized carbons (Fsp3) is 0.500. The van der Waals surface area contributed by atoms with Crippen LogP contribution in [-0.4, -0.2) is 41.3 Å². The van der Waals surface area contributed by atoms with E-state index in [2.05, 4.69) is 4.99 Å². The van der Waals surface area contributed by atoms with Crippen molar-refractivity contribution >= 4 is 39.7 Å². The number of hydrogen-bond donors (Lipinski definition) is 0. The Labute approximate surface area is 152 Å². The summed E-state index contributed by atoms with van der Waals surface area (Å²) in [7, 11) is 0. The number of rotatable bonds is 8. The van der Waals surface area contributed by atoms with Crippen LogP contribution >= 0.6 is 23.5 Å². The molecule has 0 N–H and O–H groups in total. The molecule has 0 radical (unpaired) electrons. The Morgan fingerprint density at radius 3 is 2.25 bits per heavy atom. The molecular formula is C18H25NO3S2. The number of hydrogen-bond acceptors (Lipinski definition) is 6. The van der Waals surface area contributed by atoms with Crippen LogP contribution < -0.4 is 0 Å². The summed E-state index contributed by atoms with van der Waals surface area (Å²) in [5.74, 6) is -0.578. The van der Waals surface area contributed by atoms with Crippen molar-refractivity contribution in [3.63, 3.8) is 0 Å². The molecule has 0 aliphatic carbocycles. The Bertz CT molecular complexity index is 555. The SMILES string of the molecule is CCOC(=O)[C@@H](N=C(SC)SC)[C@H](CC(=O)CC)c1ccccc1. The van der Waals surface area contributed by atoms with Gasteiger partial charge in [0.1, 0.15) is 10.2 Å². The van der Waals surface area contributed by atoms with E-state index in [1.807, 2.05) is 49.8 Å². The van der Waals surface area contributed by atoms with E-state index >= 15 is 0 Å². The summed E-state index contributed by atoms with van der Waals surface area (Å²) in [6.07, 6.45) is 4.57. The van der Waals surface area contributed by atoms with Crippen molar-refractivity contribution in [2.45, 2.75) is 38.6 Å². The first-order valence-corrected chi connectivity index (χ1v) is 10.4. The second-order valence-corrected chi connectivity index (χ2v) is 6.96. The van der Waals surface area contributed by atoms with Gasteiger partial charge in [-0.05, 0) is 25.0 Å². The van der Waals surface area contributed by atoms with Gasteiger partial charge in [-0.1, -0.05) is 37.3 Å². The van der Waals surface area contributed by atoms with Gasteiger partial charge in [-0.15, -0.1) is 23.5 Å². The summed E-state index contributed by atoms with van der Waals surface area (Å²) in [6, 6.07) is 8.90. The standard InChI is InChI=1S/C18H25NO3S2/c1-5-14(20)12-15(13-10-8-7-9-11-13)16(17(21)22-6-2)19-18(23-3)24-4/h7-11,15-16H,5-6,12H2,1-4H3/t15-,16+/m1/s1. The van der Waals surface area contributed by atoms with Crippen molar-refractivity contribution in [3.8, 4) is 0 Å². The molecule has 4 nitrogen and oxygen atoms in total. The van der Waals surface area contributed by atoms with E-state index in [0.717, 1.165) is 9.94 Å². The van der Waals surface area contributed by atoms with Crippen LogP contribution in [-0.2, 0) is 14.3 Å². The van der Waals surface area contributed by atoms with Gasteiger partial charge in [0.05, 0.1) is 6.61 Å². The molecule has 0 aromatic heterocycles. The highest BCUT2D eigenvalue weighted by Crippen LogP contribution is 2.29. The van der Waals surface area contributed by atoms with E-state index in [1.54, 1.807) is 6.92 Å². The minimum Gasteiger partial charge on any atom is -0.464 e. The molecule has 0 fully saturated rings. The molecular weight excluding hydrogens is 342 g/mol. The van der Waals surface area contributed by atoms with Crippen molar-refractivity contribution in [1.82, 2.24) is 0 Å². The number of ether oxygens (including phenoxy) is 1. The Kier molecular flexibility index (Phi) is 9.79. The molecule has 1 aromatic rings. The molecule has 0 spiro atoms. The third-order valence-electron chi connectivity index (χ3n) is 3.57. The summed E-state index contributed by atoms with van der Waals surface area (Å²) in [6.45, 7) is 3.90. The molecule has 0 heterocycles. The van der Waals surface area contributed by atoms with E-state index in [-0.39, 0.29) is 24.1 Å². The molecule has 24 heavy (non-hydrogen) atoms. The van der Waals surface area contributed by atoms with Crippen molar-refractivity contribution in [3.05, 3.63) is 35.9 Å². The number of Topliss-reactive ketones (excluding diaryl/α,β-unsaturated/α-hetero) is 1. The summed E-state index contributed by atoms with van der Waals surface area (Å²) >= 11 is 2.98. The summed E-state index contributed by atoms with van der Waals surface area (Å²) in [5, 5.41) is 0. The molecule has 132 valence electrons. The van der Waals surface area contributed by atoms with Gasteiger partial charge >= 0.3 is 5.97 Å². The lowest BCUT2D eigenvalue weighted by Gasteiger charge is -2.23. The van der Waals surface area contributed by atoms with Crippen LogP contribution in [0.1, 0.15) is 38.2 Å². The van der Waals surface area contributed by atoms with E-state index in [9.17, 15) is 9.59 Å². The van der Waals surface area contributed by atoms with Crippen molar-refractivity contribution in [2.75, 3.05) is 19.1 Å². The van der Waals surface area contributed by atoms with Gasteiger partial charge < -0.3 is 4.74 Å². The number of carbonyl (C=O) groups excluding carboxylic acids is 2. The minimum absolute atomic E-state index is 0.114. The molecule has 0 aliphatic heterocycles. The molecule has 6 heteroatoms. The molecule has 0 aliphatic rings. The topological polar surface area (TPSA) is 55.7 Å². The zero-order valence-corrected chi connectivity index (χ0v) is 16.3. The van der Waals surface area contributed by atoms with Crippen LogP contribution in [0.3, 0.4) is 0 Å². The lowest BCUT2D eigenvalue weighted by molar-refractivity contribution is -0.145. The quantitative estimate of drug-likeness (QED) is 0.392. The number of ketones is 1. The molecule has 1 aromatic carbocycles. The van der Waals surface area contributed by atoms with Gasteiger partial charge in [0.25, 0.3) is 0 Å². The fourth-order valence-electron chi connectivity index (χ4n) is 2.34. The third kappa shape index (κ3) is 6.32. The highest BCUT2D eigenvalue weighted by molar-refractivity contribution is 8.38. The molecule has 0 saturated heterocycles. The number of esters is 1. The predicted molar refractivity (Wildman–Crippen MR) is 104 cm³/mol. The maximum Gasteiger partial charge on any atom is 0.331 e. The molecule has 0 unspecified atom stereocenters. The Balaban J connectivity index is 3.29. The maximum absolute atomic E-state index is 12.5. The molecule has 0 bridgehead atoms. The Hall–Kier alpha value is -1.27. The van der Waals surface area contributed by atoms with Gasteiger partial charge in [0.15, 0.2) is 6.04 Å². The van der Waals surface area contributed by atoms with Crippen LogP contribution in [0.25, 0.3) is 0 Å². The fourth-order valence-corrected chi connectivity index (χ4v) is 3.44. The first-order valence-electron chi connectivity index (χ1n) is 7.96. The van der Waals surface area contributed by atoms with Crippen LogP contribution in [0, 0.1) is 0 Å². The molecule has 0 saturated carbocycles. The maximum atomic E-state index is 12.5. The summed E-state index contributed by atoms with van der Waals surface area (Å²) in [5.41, 5.74) is 0.933. The van der Waals surface area contributed by atoms with Crippen LogP contribution in [0.2, 0.25) is 0 Å². The summed E-state index contributed by atoms with van der Waals surface area (Å²) < 4.78 is 6.04. The number of carbonyl (C=O) groups is 2. The monoisotopic (exact) mass is 367 g/mol. The zero-order valence-electron chi connectivity index (χ0n) is 14.7. The van der Waals surface area contributed by atoms with Gasteiger partial charge in [-0.3, -0.25) is 9.79 Å². The van der Waals surface area contributed by atoms with Gasteiger partial charge in [0.2, 0.25) is 0 Å². The number of thioether (sulfide) groups is 2. The van der Waals surface area contributed by atoms with E-state index in [4.69, 9.17) is 4.74 Å². The first-order chi connectivity index (χ1) is 11.6. The predicted octanol–water partition coefficient (Wildman–Crippen LogP) is 4.15. The average Bonchev–Trinajstić information content (AvgIpc) is 2.62. The largest absolute Gasteiger partial charge is 0.464 e. The Morgan fingerprint density at radius 2 is 1.75 bits per heavy atom. The van der Waals surface area contributed by atoms with Crippen molar-refractivity contribution in [2.24, 2.45) is 4.99 Å². The minimum atomic E-state index is -0.710. The Morgan fingerprint density at radius 1 is 1.12 bits per heavy atom. The highest BCUT2D eigenvalue weighted by Gasteiger charge is 2.32. The first kappa shape index (κ1) is 20.8. The number of benzene rings is 1. The van der Waals surface area contributed by atoms with Crippen molar-refractivity contribution in [1.29, 1.82) is 0 Å². The summed E-state index contributed by atoms with van der Waals surface area (Å²) in [4.78, 5) is 29.2. The van der Waals surface area contributed by atoms with E-state index in [0.29, 0.717) is 13.0 Å². The average molecular weight is 368 g/mol. The van der Waals surface area contributed by atoms with Gasteiger partial charge in [0, 0.05) is 18.8 Å². The zero-order chi connectivity index (χ0) is 17.9.